The minimum atomic E-state index is -0.949. The van der Waals surface area contributed by atoms with Crippen LogP contribution in [0.4, 0.5) is 8.78 Å². The van der Waals surface area contributed by atoms with E-state index in [1.807, 2.05) is 30.3 Å². The van der Waals surface area contributed by atoms with E-state index < -0.39 is 23.6 Å². The van der Waals surface area contributed by atoms with E-state index in [2.05, 4.69) is 5.32 Å². The van der Waals surface area contributed by atoms with Crippen molar-refractivity contribution in [3.05, 3.63) is 71.3 Å². The molecule has 2 amide bonds. The maximum atomic E-state index is 13.9. The highest BCUT2D eigenvalue weighted by molar-refractivity contribution is 5.97. The van der Waals surface area contributed by atoms with Crippen molar-refractivity contribution in [2.45, 2.75) is 25.3 Å². The summed E-state index contributed by atoms with van der Waals surface area (Å²) in [5.74, 6) is -2.61. The normalized spacial score (nSPS) is 14.9. The van der Waals surface area contributed by atoms with Crippen molar-refractivity contribution >= 4 is 11.8 Å². The van der Waals surface area contributed by atoms with E-state index in [1.165, 1.54) is 0 Å². The van der Waals surface area contributed by atoms with E-state index in [4.69, 9.17) is 0 Å². The molecule has 2 aromatic carbocycles. The maximum Gasteiger partial charge on any atom is 0.254 e. The Labute approximate surface area is 150 Å². The van der Waals surface area contributed by atoms with Crippen LogP contribution in [0.1, 0.15) is 28.8 Å². The van der Waals surface area contributed by atoms with Gasteiger partial charge in [0.2, 0.25) is 5.91 Å². The van der Waals surface area contributed by atoms with E-state index in [0.29, 0.717) is 25.6 Å². The first-order valence-corrected chi connectivity index (χ1v) is 8.63. The molecule has 0 aliphatic carbocycles. The van der Waals surface area contributed by atoms with Gasteiger partial charge in [0.05, 0.1) is 5.56 Å². The fourth-order valence-electron chi connectivity index (χ4n) is 3.12. The smallest absolute Gasteiger partial charge is 0.254 e. The number of hydrogen-bond acceptors (Lipinski definition) is 2. The number of nitrogens with one attached hydrogen (secondary N) is 1. The molecule has 1 heterocycles. The molecule has 0 unspecified atom stereocenters. The summed E-state index contributed by atoms with van der Waals surface area (Å²) in [6.45, 7) is 1.32. The molecule has 0 bridgehead atoms. The number of carbonyl (C=O) groups is 2. The third kappa shape index (κ3) is 4.25. The summed E-state index contributed by atoms with van der Waals surface area (Å²) < 4.78 is 26.9. The zero-order valence-electron chi connectivity index (χ0n) is 14.3. The van der Waals surface area contributed by atoms with Crippen LogP contribution >= 0.6 is 0 Å². The fraction of sp³-hybridized carbons (Fsp3) is 0.300. The molecule has 1 aliphatic rings. The van der Waals surface area contributed by atoms with Crippen molar-refractivity contribution in [1.29, 1.82) is 0 Å². The second kappa shape index (κ2) is 8.08. The van der Waals surface area contributed by atoms with Crippen LogP contribution in [-0.4, -0.2) is 35.8 Å². The fourth-order valence-corrected chi connectivity index (χ4v) is 3.12. The summed E-state index contributed by atoms with van der Waals surface area (Å²) in [6, 6.07) is 11.3. The van der Waals surface area contributed by atoms with Gasteiger partial charge in [0.1, 0.15) is 17.7 Å². The lowest BCUT2D eigenvalue weighted by Gasteiger charge is -2.24. The molecule has 1 aliphatic heterocycles. The summed E-state index contributed by atoms with van der Waals surface area (Å²) in [6.07, 6.45) is 2.18. The maximum absolute atomic E-state index is 13.9. The van der Waals surface area contributed by atoms with Crippen molar-refractivity contribution in [2.75, 3.05) is 13.1 Å². The van der Waals surface area contributed by atoms with Crippen LogP contribution in [0, 0.1) is 11.6 Å². The van der Waals surface area contributed by atoms with Gasteiger partial charge in [0.25, 0.3) is 5.91 Å². The molecule has 26 heavy (non-hydrogen) atoms. The van der Waals surface area contributed by atoms with Gasteiger partial charge in [-0.25, -0.2) is 8.78 Å². The van der Waals surface area contributed by atoms with Gasteiger partial charge in [-0.15, -0.1) is 0 Å². The predicted octanol–water partition coefficient (Wildman–Crippen LogP) is 2.93. The number of nitrogens with zero attached hydrogens (tertiary/aromatic N) is 1. The zero-order chi connectivity index (χ0) is 18.5. The highest BCUT2D eigenvalue weighted by Gasteiger charge is 2.29. The van der Waals surface area contributed by atoms with Crippen molar-refractivity contribution in [3.8, 4) is 0 Å². The van der Waals surface area contributed by atoms with Crippen LogP contribution in [0.25, 0.3) is 0 Å². The molecular formula is C20H20F2N2O2. The van der Waals surface area contributed by atoms with Gasteiger partial charge in [0, 0.05) is 25.6 Å². The topological polar surface area (TPSA) is 49.4 Å². The molecule has 1 fully saturated rings. The van der Waals surface area contributed by atoms with Gasteiger partial charge >= 0.3 is 0 Å². The lowest BCUT2D eigenvalue weighted by Crippen LogP contribution is -2.49. The molecule has 136 valence electrons. The molecule has 4 nitrogen and oxygen atoms in total. The van der Waals surface area contributed by atoms with Crippen LogP contribution in [0.15, 0.2) is 48.5 Å². The summed E-state index contributed by atoms with van der Waals surface area (Å²) in [4.78, 5) is 27.0. The van der Waals surface area contributed by atoms with Gasteiger partial charge in [-0.2, -0.15) is 0 Å². The van der Waals surface area contributed by atoms with E-state index >= 15 is 0 Å². The second-order valence-electron chi connectivity index (χ2n) is 6.37. The minimum Gasteiger partial charge on any atom is -0.341 e. The summed E-state index contributed by atoms with van der Waals surface area (Å²) in [5, 5.41) is 2.63. The van der Waals surface area contributed by atoms with Crippen molar-refractivity contribution in [2.24, 2.45) is 0 Å². The van der Waals surface area contributed by atoms with Crippen LogP contribution in [0.3, 0.4) is 0 Å². The summed E-state index contributed by atoms with van der Waals surface area (Å²) >= 11 is 0. The lowest BCUT2D eigenvalue weighted by molar-refractivity contribution is -0.132. The predicted molar refractivity (Wildman–Crippen MR) is 93.6 cm³/mol. The molecule has 2 aromatic rings. The number of hydrogen-bond donors (Lipinski definition) is 1. The number of amides is 2. The number of halogens is 2. The molecule has 6 heteroatoms. The molecule has 3 rings (SSSR count). The van der Waals surface area contributed by atoms with Crippen LogP contribution < -0.4 is 5.32 Å². The van der Waals surface area contributed by atoms with Crippen molar-refractivity contribution < 1.29 is 18.4 Å². The van der Waals surface area contributed by atoms with E-state index in [1.54, 1.807) is 4.90 Å². The average molecular weight is 358 g/mol. The Morgan fingerprint density at radius 1 is 1.04 bits per heavy atom. The van der Waals surface area contributed by atoms with Gasteiger partial charge in [-0.3, -0.25) is 9.59 Å². The largest absolute Gasteiger partial charge is 0.341 e. The van der Waals surface area contributed by atoms with Crippen LogP contribution in [0.5, 0.6) is 0 Å². The van der Waals surface area contributed by atoms with Gasteiger partial charge in [-0.1, -0.05) is 30.3 Å². The van der Waals surface area contributed by atoms with Gasteiger partial charge < -0.3 is 10.2 Å². The standard InChI is InChI=1S/C20H20F2N2O2/c21-15-8-9-16(17(22)13-15)19(25)23-18(12-14-6-2-1-3-7-14)20(26)24-10-4-5-11-24/h1-3,6-9,13,18H,4-5,10-12H2,(H,23,25)/t18-/m0/s1. The first-order valence-electron chi connectivity index (χ1n) is 8.63. The van der Waals surface area contributed by atoms with Crippen molar-refractivity contribution in [3.63, 3.8) is 0 Å². The molecule has 1 N–H and O–H groups in total. The quantitative estimate of drug-likeness (QED) is 0.893. The van der Waals surface area contributed by atoms with Crippen LogP contribution in [-0.2, 0) is 11.2 Å². The first-order chi connectivity index (χ1) is 12.5. The molecule has 0 saturated carbocycles. The van der Waals surface area contributed by atoms with Crippen LogP contribution in [0.2, 0.25) is 0 Å². The van der Waals surface area contributed by atoms with Gasteiger partial charge in [0.15, 0.2) is 0 Å². The monoisotopic (exact) mass is 358 g/mol. The van der Waals surface area contributed by atoms with E-state index in [-0.39, 0.29) is 11.5 Å². The Bertz CT molecular complexity index is 790. The molecule has 0 radical (unpaired) electrons. The lowest BCUT2D eigenvalue weighted by atomic mass is 10.0. The highest BCUT2D eigenvalue weighted by atomic mass is 19.1. The van der Waals surface area contributed by atoms with E-state index in [0.717, 1.165) is 30.5 Å². The third-order valence-corrected chi connectivity index (χ3v) is 4.48. The second-order valence-corrected chi connectivity index (χ2v) is 6.37. The minimum absolute atomic E-state index is 0.178. The Kier molecular flexibility index (Phi) is 5.61. The van der Waals surface area contributed by atoms with E-state index in [9.17, 15) is 18.4 Å². The number of likely N-dealkylation sites (tertiary alicyclic amines) is 1. The van der Waals surface area contributed by atoms with Gasteiger partial charge in [-0.05, 0) is 30.5 Å². The highest BCUT2D eigenvalue weighted by Crippen LogP contribution is 2.14. The Balaban J connectivity index is 1.80. The average Bonchev–Trinajstić information content (AvgIpc) is 3.16. The molecule has 1 saturated heterocycles. The Hall–Kier alpha value is -2.76. The summed E-state index contributed by atoms with van der Waals surface area (Å²) in [7, 11) is 0. The zero-order valence-corrected chi connectivity index (χ0v) is 14.3. The Morgan fingerprint density at radius 2 is 1.73 bits per heavy atom. The molecule has 0 spiro atoms. The van der Waals surface area contributed by atoms with Crippen molar-refractivity contribution in [1.82, 2.24) is 10.2 Å². The molecule has 1 atom stereocenters. The third-order valence-electron chi connectivity index (χ3n) is 4.48. The number of benzene rings is 2. The SMILES string of the molecule is O=C(N[C@@H](Cc1ccccc1)C(=O)N1CCCC1)c1ccc(F)cc1F. The molecule has 0 aromatic heterocycles. The molecular weight excluding hydrogens is 338 g/mol. The first kappa shape index (κ1) is 18.0. The Morgan fingerprint density at radius 3 is 2.38 bits per heavy atom. The number of rotatable bonds is 5. The number of carbonyl (C=O) groups excluding carboxylic acids is 2. The summed E-state index contributed by atoms with van der Waals surface area (Å²) in [5.41, 5.74) is 0.614.